The van der Waals surface area contributed by atoms with Crippen LogP contribution in [0, 0.1) is 0 Å². The Labute approximate surface area is 137 Å². The van der Waals surface area contributed by atoms with Gasteiger partial charge in [0.1, 0.15) is 12.4 Å². The fourth-order valence-corrected chi connectivity index (χ4v) is 2.40. The molecular weight excluding hydrogens is 311 g/mol. The predicted octanol–water partition coefficient (Wildman–Crippen LogP) is 2.74. The molecule has 2 rings (SSSR count). The SMILES string of the molecule is CN(CCOc1ccc(Cl)cc1)C(=O)[C@@H]1CCCCN1.Cl. The van der Waals surface area contributed by atoms with Crippen LogP contribution in [0.3, 0.4) is 0 Å². The number of likely N-dealkylation sites (N-methyl/N-ethyl adjacent to an activating group) is 1. The minimum atomic E-state index is -0.0238. The molecule has 0 bridgehead atoms. The summed E-state index contributed by atoms with van der Waals surface area (Å²) in [6, 6.07) is 7.21. The summed E-state index contributed by atoms with van der Waals surface area (Å²) in [5.74, 6) is 0.926. The Morgan fingerprint density at radius 2 is 2.10 bits per heavy atom. The van der Waals surface area contributed by atoms with E-state index in [0.717, 1.165) is 31.6 Å². The monoisotopic (exact) mass is 332 g/mol. The molecule has 21 heavy (non-hydrogen) atoms. The average molecular weight is 333 g/mol. The lowest BCUT2D eigenvalue weighted by Gasteiger charge is -2.27. The smallest absolute Gasteiger partial charge is 0.239 e. The van der Waals surface area contributed by atoms with E-state index >= 15 is 0 Å². The van der Waals surface area contributed by atoms with Crippen molar-refractivity contribution in [3.63, 3.8) is 0 Å². The summed E-state index contributed by atoms with van der Waals surface area (Å²) in [4.78, 5) is 13.9. The lowest BCUT2D eigenvalue weighted by Crippen LogP contribution is -2.48. The van der Waals surface area contributed by atoms with Gasteiger partial charge in [-0.1, -0.05) is 18.0 Å². The molecule has 1 aromatic rings. The molecule has 0 aliphatic carbocycles. The summed E-state index contributed by atoms with van der Waals surface area (Å²) in [7, 11) is 1.82. The summed E-state index contributed by atoms with van der Waals surface area (Å²) < 4.78 is 5.60. The molecule has 1 amide bonds. The molecular formula is C15H22Cl2N2O2. The lowest BCUT2D eigenvalue weighted by molar-refractivity contribution is -0.133. The first-order valence-electron chi connectivity index (χ1n) is 7.03. The van der Waals surface area contributed by atoms with Gasteiger partial charge in [-0.15, -0.1) is 12.4 Å². The molecule has 1 atom stereocenters. The van der Waals surface area contributed by atoms with Crippen LogP contribution >= 0.6 is 24.0 Å². The van der Waals surface area contributed by atoms with Crippen molar-refractivity contribution in [3.8, 4) is 5.75 Å². The molecule has 1 aliphatic heterocycles. The van der Waals surface area contributed by atoms with Gasteiger partial charge in [-0.2, -0.15) is 0 Å². The standard InChI is InChI=1S/C15H21ClN2O2.ClH/c1-18(15(19)14-4-2-3-9-17-14)10-11-20-13-7-5-12(16)6-8-13;/h5-8,14,17H,2-4,9-11H2,1H3;1H/t14-;/m0./s1. The normalized spacial score (nSPS) is 17.7. The van der Waals surface area contributed by atoms with Crippen LogP contribution in [-0.2, 0) is 4.79 Å². The van der Waals surface area contributed by atoms with E-state index in [-0.39, 0.29) is 24.4 Å². The zero-order valence-corrected chi connectivity index (χ0v) is 13.8. The van der Waals surface area contributed by atoms with Gasteiger partial charge in [0, 0.05) is 12.1 Å². The minimum absolute atomic E-state index is 0. The summed E-state index contributed by atoms with van der Waals surface area (Å²) >= 11 is 5.81. The van der Waals surface area contributed by atoms with Gasteiger partial charge in [-0.3, -0.25) is 4.79 Å². The maximum atomic E-state index is 12.2. The number of ether oxygens (including phenoxy) is 1. The number of amides is 1. The largest absolute Gasteiger partial charge is 0.492 e. The zero-order chi connectivity index (χ0) is 14.4. The number of carbonyl (C=O) groups excluding carboxylic acids is 1. The molecule has 1 fully saturated rings. The van der Waals surface area contributed by atoms with E-state index in [9.17, 15) is 4.79 Å². The Bertz CT molecular complexity index is 434. The van der Waals surface area contributed by atoms with Gasteiger partial charge in [0.05, 0.1) is 12.6 Å². The first-order chi connectivity index (χ1) is 9.66. The Balaban J connectivity index is 0.00000220. The molecule has 0 saturated carbocycles. The van der Waals surface area contributed by atoms with Crippen molar-refractivity contribution < 1.29 is 9.53 Å². The van der Waals surface area contributed by atoms with Gasteiger partial charge >= 0.3 is 0 Å². The second-order valence-corrected chi connectivity index (χ2v) is 5.50. The number of piperidine rings is 1. The van der Waals surface area contributed by atoms with E-state index in [1.54, 1.807) is 17.0 Å². The zero-order valence-electron chi connectivity index (χ0n) is 12.2. The van der Waals surface area contributed by atoms with Crippen LogP contribution in [0.5, 0.6) is 5.75 Å². The predicted molar refractivity (Wildman–Crippen MR) is 87.5 cm³/mol. The minimum Gasteiger partial charge on any atom is -0.492 e. The van der Waals surface area contributed by atoms with E-state index in [1.807, 2.05) is 19.2 Å². The maximum Gasteiger partial charge on any atom is 0.239 e. The highest BCUT2D eigenvalue weighted by Gasteiger charge is 2.23. The Morgan fingerprint density at radius 3 is 2.71 bits per heavy atom. The van der Waals surface area contributed by atoms with Crippen molar-refractivity contribution in [1.29, 1.82) is 0 Å². The third-order valence-electron chi connectivity index (χ3n) is 3.49. The van der Waals surface area contributed by atoms with Crippen LogP contribution in [0.1, 0.15) is 19.3 Å². The molecule has 6 heteroatoms. The second-order valence-electron chi connectivity index (χ2n) is 5.06. The quantitative estimate of drug-likeness (QED) is 0.901. The van der Waals surface area contributed by atoms with Gasteiger partial charge < -0.3 is 15.0 Å². The van der Waals surface area contributed by atoms with Crippen molar-refractivity contribution in [3.05, 3.63) is 29.3 Å². The number of rotatable bonds is 5. The van der Waals surface area contributed by atoms with Crippen molar-refractivity contribution in [2.24, 2.45) is 0 Å². The highest BCUT2D eigenvalue weighted by Crippen LogP contribution is 2.15. The van der Waals surface area contributed by atoms with Crippen LogP contribution < -0.4 is 10.1 Å². The fourth-order valence-electron chi connectivity index (χ4n) is 2.27. The van der Waals surface area contributed by atoms with E-state index in [4.69, 9.17) is 16.3 Å². The number of nitrogens with zero attached hydrogens (tertiary/aromatic N) is 1. The molecule has 0 spiro atoms. The molecule has 1 aromatic carbocycles. The molecule has 1 heterocycles. The van der Waals surface area contributed by atoms with Crippen LogP contribution in [0.4, 0.5) is 0 Å². The number of hydrogen-bond donors (Lipinski definition) is 1. The number of halogens is 2. The molecule has 1 saturated heterocycles. The topological polar surface area (TPSA) is 41.6 Å². The first-order valence-corrected chi connectivity index (χ1v) is 7.41. The van der Waals surface area contributed by atoms with Crippen LogP contribution in [0.15, 0.2) is 24.3 Å². The van der Waals surface area contributed by atoms with E-state index < -0.39 is 0 Å². The van der Waals surface area contributed by atoms with E-state index in [1.165, 1.54) is 0 Å². The maximum absolute atomic E-state index is 12.2. The number of hydrogen-bond acceptors (Lipinski definition) is 3. The van der Waals surface area contributed by atoms with Crippen molar-refractivity contribution in [2.45, 2.75) is 25.3 Å². The first kappa shape index (κ1) is 18.1. The third-order valence-corrected chi connectivity index (χ3v) is 3.75. The molecule has 1 aliphatic rings. The van der Waals surface area contributed by atoms with Crippen LogP contribution in [-0.4, -0.2) is 43.6 Å². The summed E-state index contributed by atoms with van der Waals surface area (Å²) in [6.45, 7) is 2.00. The summed E-state index contributed by atoms with van der Waals surface area (Å²) in [6.07, 6.45) is 3.22. The molecule has 0 unspecified atom stereocenters. The summed E-state index contributed by atoms with van der Waals surface area (Å²) in [5, 5.41) is 3.96. The molecule has 4 nitrogen and oxygen atoms in total. The second kappa shape index (κ2) is 9.13. The average Bonchev–Trinajstić information content (AvgIpc) is 2.49. The molecule has 118 valence electrons. The third kappa shape index (κ3) is 5.73. The van der Waals surface area contributed by atoms with Crippen molar-refractivity contribution >= 4 is 29.9 Å². The van der Waals surface area contributed by atoms with Gasteiger partial charge in [0.15, 0.2) is 0 Å². The Hall–Kier alpha value is -0.970. The fraction of sp³-hybridized carbons (Fsp3) is 0.533. The summed E-state index contributed by atoms with van der Waals surface area (Å²) in [5.41, 5.74) is 0. The van der Waals surface area contributed by atoms with Crippen molar-refractivity contribution in [2.75, 3.05) is 26.7 Å². The highest BCUT2D eigenvalue weighted by molar-refractivity contribution is 6.30. The molecule has 1 N–H and O–H groups in total. The molecule has 0 radical (unpaired) electrons. The van der Waals surface area contributed by atoms with Crippen LogP contribution in [0.25, 0.3) is 0 Å². The number of benzene rings is 1. The van der Waals surface area contributed by atoms with Gasteiger partial charge in [-0.05, 0) is 43.7 Å². The number of nitrogens with one attached hydrogen (secondary N) is 1. The van der Waals surface area contributed by atoms with Crippen LogP contribution in [0.2, 0.25) is 5.02 Å². The Kier molecular flexibility index (Phi) is 7.86. The highest BCUT2D eigenvalue weighted by atomic mass is 35.5. The van der Waals surface area contributed by atoms with E-state index in [2.05, 4.69) is 5.32 Å². The van der Waals surface area contributed by atoms with Crippen molar-refractivity contribution in [1.82, 2.24) is 10.2 Å². The number of carbonyl (C=O) groups is 1. The van der Waals surface area contributed by atoms with Gasteiger partial charge in [-0.25, -0.2) is 0 Å². The van der Waals surface area contributed by atoms with Gasteiger partial charge in [0.25, 0.3) is 0 Å². The lowest BCUT2D eigenvalue weighted by atomic mass is 10.0. The molecule has 0 aromatic heterocycles. The van der Waals surface area contributed by atoms with Gasteiger partial charge in [0.2, 0.25) is 5.91 Å². The van der Waals surface area contributed by atoms with E-state index in [0.29, 0.717) is 18.2 Å². The Morgan fingerprint density at radius 1 is 1.38 bits per heavy atom.